The fourth-order valence-corrected chi connectivity index (χ4v) is 1.60. The summed E-state index contributed by atoms with van der Waals surface area (Å²) in [6.07, 6.45) is 0. The van der Waals surface area contributed by atoms with Crippen molar-refractivity contribution in [2.75, 3.05) is 13.7 Å². The van der Waals surface area contributed by atoms with Crippen LogP contribution in [0.4, 0.5) is 0 Å². The number of aromatic nitrogens is 2. The van der Waals surface area contributed by atoms with Crippen LogP contribution in [0.15, 0.2) is 0 Å². The lowest BCUT2D eigenvalue weighted by Crippen LogP contribution is -2.07. The minimum absolute atomic E-state index is 0.498. The monoisotopic (exact) mass is 196 g/mol. The third-order valence-electron chi connectivity index (χ3n) is 2.60. The van der Waals surface area contributed by atoms with Crippen molar-refractivity contribution in [1.29, 1.82) is 0 Å². The normalized spacial score (nSPS) is 11.3. The number of ether oxygens (including phenoxy) is 1. The molecule has 3 heteroatoms. The molecule has 3 nitrogen and oxygen atoms in total. The average Bonchev–Trinajstić information content (AvgIpc) is 2.42. The molecule has 0 aliphatic rings. The molecular weight excluding hydrogens is 176 g/mol. The Bertz CT molecular complexity index is 302. The van der Waals surface area contributed by atoms with Gasteiger partial charge in [0.2, 0.25) is 0 Å². The van der Waals surface area contributed by atoms with Gasteiger partial charge in [0, 0.05) is 12.8 Å². The zero-order valence-corrected chi connectivity index (χ0v) is 9.79. The van der Waals surface area contributed by atoms with Crippen molar-refractivity contribution in [3.05, 3.63) is 17.0 Å². The second-order valence-electron chi connectivity index (χ2n) is 3.97. The first-order chi connectivity index (χ1) is 6.57. The predicted molar refractivity (Wildman–Crippen MR) is 57.7 cm³/mol. The highest BCUT2D eigenvalue weighted by molar-refractivity contribution is 5.25. The van der Waals surface area contributed by atoms with E-state index in [4.69, 9.17) is 4.74 Å². The Balaban J connectivity index is 2.91. The minimum Gasteiger partial charge on any atom is -0.383 e. The third kappa shape index (κ3) is 2.15. The van der Waals surface area contributed by atoms with Crippen molar-refractivity contribution in [1.82, 2.24) is 9.78 Å². The minimum atomic E-state index is 0.498. The highest BCUT2D eigenvalue weighted by atomic mass is 16.5. The number of hydrogen-bond donors (Lipinski definition) is 0. The van der Waals surface area contributed by atoms with Crippen LogP contribution < -0.4 is 0 Å². The number of hydrogen-bond acceptors (Lipinski definition) is 2. The topological polar surface area (TPSA) is 27.1 Å². The number of methoxy groups -OCH3 is 1. The van der Waals surface area contributed by atoms with Gasteiger partial charge in [-0.05, 0) is 25.3 Å². The van der Waals surface area contributed by atoms with E-state index in [1.807, 2.05) is 4.68 Å². The summed E-state index contributed by atoms with van der Waals surface area (Å²) in [5.41, 5.74) is 3.78. The maximum atomic E-state index is 5.05. The maximum Gasteiger partial charge on any atom is 0.0681 e. The Morgan fingerprint density at radius 2 is 2.00 bits per heavy atom. The molecule has 1 aromatic rings. The molecule has 0 aliphatic heterocycles. The largest absolute Gasteiger partial charge is 0.383 e. The van der Waals surface area contributed by atoms with Crippen LogP contribution in [-0.2, 0) is 11.3 Å². The molecule has 80 valence electrons. The number of nitrogens with zero attached hydrogens (tertiary/aromatic N) is 2. The van der Waals surface area contributed by atoms with Crippen LogP contribution >= 0.6 is 0 Å². The molecule has 0 aliphatic carbocycles. The molecule has 0 bridgehead atoms. The van der Waals surface area contributed by atoms with Gasteiger partial charge in [0.1, 0.15) is 0 Å². The van der Waals surface area contributed by atoms with E-state index in [9.17, 15) is 0 Å². The third-order valence-corrected chi connectivity index (χ3v) is 2.60. The summed E-state index contributed by atoms with van der Waals surface area (Å²) < 4.78 is 7.09. The van der Waals surface area contributed by atoms with E-state index in [1.54, 1.807) is 7.11 Å². The van der Waals surface area contributed by atoms with Gasteiger partial charge >= 0.3 is 0 Å². The standard InChI is InChI=1S/C11H20N2O/c1-8(2)11-9(3)10(4)13(12-11)6-7-14-5/h8H,6-7H2,1-5H3. The van der Waals surface area contributed by atoms with Gasteiger partial charge in [0.25, 0.3) is 0 Å². The molecule has 0 radical (unpaired) electrons. The molecule has 14 heavy (non-hydrogen) atoms. The zero-order valence-electron chi connectivity index (χ0n) is 9.79. The molecule has 1 heterocycles. The average molecular weight is 196 g/mol. The van der Waals surface area contributed by atoms with Gasteiger partial charge in [-0.3, -0.25) is 4.68 Å². The van der Waals surface area contributed by atoms with Gasteiger partial charge in [-0.1, -0.05) is 13.8 Å². The molecule has 1 aromatic heterocycles. The highest BCUT2D eigenvalue weighted by Gasteiger charge is 2.12. The molecule has 0 fully saturated rings. The van der Waals surface area contributed by atoms with Crippen molar-refractivity contribution in [2.45, 2.75) is 40.2 Å². The Labute approximate surface area is 86.1 Å². The Morgan fingerprint density at radius 3 is 2.43 bits per heavy atom. The van der Waals surface area contributed by atoms with Crippen molar-refractivity contribution < 1.29 is 4.74 Å². The van der Waals surface area contributed by atoms with Crippen molar-refractivity contribution in [3.8, 4) is 0 Å². The molecule has 0 amide bonds. The van der Waals surface area contributed by atoms with E-state index in [2.05, 4.69) is 32.8 Å². The van der Waals surface area contributed by atoms with E-state index in [-0.39, 0.29) is 0 Å². The quantitative estimate of drug-likeness (QED) is 0.738. The van der Waals surface area contributed by atoms with Gasteiger partial charge < -0.3 is 4.74 Å². The molecule has 0 unspecified atom stereocenters. The Kier molecular flexibility index (Phi) is 3.69. The van der Waals surface area contributed by atoms with E-state index < -0.39 is 0 Å². The van der Waals surface area contributed by atoms with Crippen LogP contribution in [0.25, 0.3) is 0 Å². The van der Waals surface area contributed by atoms with Crippen LogP contribution in [0.1, 0.15) is 36.7 Å². The van der Waals surface area contributed by atoms with Gasteiger partial charge in [0.05, 0.1) is 18.8 Å². The summed E-state index contributed by atoms with van der Waals surface area (Å²) in [4.78, 5) is 0. The first-order valence-electron chi connectivity index (χ1n) is 5.10. The second-order valence-corrected chi connectivity index (χ2v) is 3.97. The van der Waals surface area contributed by atoms with E-state index in [0.717, 1.165) is 13.2 Å². The van der Waals surface area contributed by atoms with Crippen molar-refractivity contribution in [3.63, 3.8) is 0 Å². The van der Waals surface area contributed by atoms with Crippen LogP contribution in [0.3, 0.4) is 0 Å². The fourth-order valence-electron chi connectivity index (χ4n) is 1.60. The summed E-state index contributed by atoms with van der Waals surface area (Å²) in [7, 11) is 1.72. The maximum absolute atomic E-state index is 5.05. The fraction of sp³-hybridized carbons (Fsp3) is 0.727. The molecule has 0 saturated heterocycles. The van der Waals surface area contributed by atoms with Gasteiger partial charge in [-0.25, -0.2) is 0 Å². The lowest BCUT2D eigenvalue weighted by molar-refractivity contribution is 0.182. The molecule has 0 saturated carbocycles. The Hall–Kier alpha value is -0.830. The van der Waals surface area contributed by atoms with E-state index in [1.165, 1.54) is 17.0 Å². The molecule has 0 aromatic carbocycles. The number of rotatable bonds is 4. The molecule has 0 atom stereocenters. The van der Waals surface area contributed by atoms with Crippen LogP contribution in [-0.4, -0.2) is 23.5 Å². The molecule has 0 spiro atoms. The summed E-state index contributed by atoms with van der Waals surface area (Å²) in [6, 6.07) is 0. The van der Waals surface area contributed by atoms with Crippen LogP contribution in [0.5, 0.6) is 0 Å². The summed E-state index contributed by atoms with van der Waals surface area (Å²) in [6.45, 7) is 10.2. The van der Waals surface area contributed by atoms with Gasteiger partial charge in [-0.15, -0.1) is 0 Å². The van der Waals surface area contributed by atoms with Gasteiger partial charge in [0.15, 0.2) is 0 Å². The first-order valence-corrected chi connectivity index (χ1v) is 5.10. The summed E-state index contributed by atoms with van der Waals surface area (Å²) in [5, 5.41) is 4.58. The second kappa shape index (κ2) is 4.60. The lowest BCUT2D eigenvalue weighted by Gasteiger charge is -2.02. The highest BCUT2D eigenvalue weighted by Crippen LogP contribution is 2.20. The van der Waals surface area contributed by atoms with Crippen molar-refractivity contribution >= 4 is 0 Å². The molecular formula is C11H20N2O. The van der Waals surface area contributed by atoms with Crippen molar-refractivity contribution in [2.24, 2.45) is 0 Å². The lowest BCUT2D eigenvalue weighted by atomic mass is 10.1. The summed E-state index contributed by atoms with van der Waals surface area (Å²) in [5.74, 6) is 0.498. The molecule has 0 N–H and O–H groups in total. The SMILES string of the molecule is COCCn1nc(C(C)C)c(C)c1C. The van der Waals surface area contributed by atoms with Crippen LogP contribution in [0.2, 0.25) is 0 Å². The van der Waals surface area contributed by atoms with Crippen LogP contribution in [0, 0.1) is 13.8 Å². The van der Waals surface area contributed by atoms with E-state index in [0.29, 0.717) is 5.92 Å². The van der Waals surface area contributed by atoms with Gasteiger partial charge in [-0.2, -0.15) is 5.10 Å². The smallest absolute Gasteiger partial charge is 0.0681 e. The zero-order chi connectivity index (χ0) is 10.7. The molecule has 1 rings (SSSR count). The predicted octanol–water partition coefficient (Wildman–Crippen LogP) is 2.27. The first kappa shape index (κ1) is 11.2. The van der Waals surface area contributed by atoms with E-state index >= 15 is 0 Å². The summed E-state index contributed by atoms with van der Waals surface area (Å²) >= 11 is 0. The Morgan fingerprint density at radius 1 is 1.36 bits per heavy atom.